The Bertz CT molecular complexity index is 1250. The Morgan fingerprint density at radius 2 is 1.97 bits per heavy atom. The lowest BCUT2D eigenvalue weighted by Crippen LogP contribution is -2.71. The van der Waals surface area contributed by atoms with E-state index in [1.807, 2.05) is 6.92 Å². The van der Waals surface area contributed by atoms with Crippen molar-refractivity contribution in [1.82, 2.24) is 20.4 Å². The highest BCUT2D eigenvalue weighted by molar-refractivity contribution is 8.01. The quantitative estimate of drug-likeness (QED) is 0.185. The predicted molar refractivity (Wildman–Crippen MR) is 141 cm³/mol. The van der Waals surface area contributed by atoms with Crippen LogP contribution < -0.4 is 5.32 Å². The number of nitrogens with zero attached hydrogens (tertiary/aromatic N) is 3. The van der Waals surface area contributed by atoms with Gasteiger partial charge in [0.15, 0.2) is 10.4 Å². The molecule has 2 amide bonds. The molecule has 0 spiro atoms. The van der Waals surface area contributed by atoms with Crippen LogP contribution in [0.2, 0.25) is 0 Å². The van der Waals surface area contributed by atoms with E-state index in [4.69, 9.17) is 9.47 Å². The Balaban J connectivity index is 1.51. The molecule has 14 heteroatoms. The van der Waals surface area contributed by atoms with E-state index >= 15 is 0 Å². The van der Waals surface area contributed by atoms with Crippen molar-refractivity contribution in [2.75, 3.05) is 11.5 Å². The van der Waals surface area contributed by atoms with E-state index in [1.165, 1.54) is 46.7 Å². The number of fused-ring (bicyclic) bond motifs is 1. The number of amides is 2. The summed E-state index contributed by atoms with van der Waals surface area (Å²) in [5, 5.41) is 21.3. The second-order valence-electron chi connectivity index (χ2n) is 8.35. The molecular formula is C24H26N4O7S3. The first-order valence-corrected chi connectivity index (χ1v) is 14.6. The van der Waals surface area contributed by atoms with Gasteiger partial charge in [-0.1, -0.05) is 60.4 Å². The van der Waals surface area contributed by atoms with Crippen LogP contribution in [-0.2, 0) is 28.7 Å². The second kappa shape index (κ2) is 12.3. The lowest BCUT2D eigenvalue weighted by atomic mass is 10.0. The van der Waals surface area contributed by atoms with Crippen LogP contribution in [0, 0.1) is 6.92 Å². The number of aliphatic hydroxyl groups is 1. The van der Waals surface area contributed by atoms with Gasteiger partial charge in [0.05, 0.1) is 0 Å². The fourth-order valence-electron chi connectivity index (χ4n) is 3.79. The smallest absolute Gasteiger partial charge is 0.358 e. The largest absolute Gasteiger partial charge is 0.425 e. The molecule has 202 valence electrons. The fourth-order valence-corrected chi connectivity index (χ4v) is 7.09. The highest BCUT2D eigenvalue weighted by Gasteiger charge is 2.54. The number of rotatable bonds is 10. The molecule has 1 saturated heterocycles. The lowest BCUT2D eigenvalue weighted by molar-refractivity contribution is -0.184. The number of β-lactam (4-membered cyclic amide) rings is 1. The summed E-state index contributed by atoms with van der Waals surface area (Å²) in [5.41, 5.74) is 1.10. The SMILES string of the molecule is CCC(=O)OC(C)OC(=O)C1=C(CSc2nnc(C)s2)CS[C@H]2C(NC(=O)C(O)c3ccccc3)C(=O)N12. The average Bonchev–Trinajstić information content (AvgIpc) is 3.34. The second-order valence-corrected chi connectivity index (χ2v) is 11.9. The van der Waals surface area contributed by atoms with Crippen LogP contribution in [0.1, 0.15) is 36.9 Å². The summed E-state index contributed by atoms with van der Waals surface area (Å²) < 4.78 is 11.1. The number of nitrogens with one attached hydrogen (secondary N) is 1. The number of benzene rings is 1. The molecule has 2 aliphatic heterocycles. The summed E-state index contributed by atoms with van der Waals surface area (Å²) in [5.74, 6) is -1.81. The molecule has 3 heterocycles. The molecular weight excluding hydrogens is 552 g/mol. The first-order chi connectivity index (χ1) is 18.2. The van der Waals surface area contributed by atoms with Gasteiger partial charge in [0.1, 0.15) is 22.1 Å². The standard InChI is InChI=1S/C24H26N4O7S3/c1-4-16(29)34-13(3)35-23(33)18-15(11-37-24-27-26-12(2)38-24)10-36-22-17(21(32)28(18)22)25-20(31)19(30)14-8-6-5-7-9-14/h5-9,13,17,19,22,30H,4,10-11H2,1-3H3,(H,25,31)/t13?,17?,19?,22-/m0/s1. The number of hydrogen-bond donors (Lipinski definition) is 2. The van der Waals surface area contributed by atoms with E-state index in [9.17, 15) is 24.3 Å². The van der Waals surface area contributed by atoms with E-state index < -0.39 is 47.6 Å². The van der Waals surface area contributed by atoms with Crippen molar-refractivity contribution >= 4 is 58.6 Å². The van der Waals surface area contributed by atoms with Crippen LogP contribution >= 0.6 is 34.9 Å². The molecule has 1 aromatic heterocycles. The number of aryl methyl sites for hydroxylation is 1. The van der Waals surface area contributed by atoms with Gasteiger partial charge in [-0.25, -0.2) is 4.79 Å². The average molecular weight is 579 g/mol. The minimum atomic E-state index is -1.44. The molecule has 4 rings (SSSR count). The molecule has 2 aromatic rings. The lowest BCUT2D eigenvalue weighted by Gasteiger charge is -2.49. The third kappa shape index (κ3) is 6.20. The van der Waals surface area contributed by atoms with E-state index in [2.05, 4.69) is 15.5 Å². The van der Waals surface area contributed by atoms with Crippen LogP contribution in [-0.4, -0.2) is 73.2 Å². The molecule has 2 aliphatic rings. The topological polar surface area (TPSA) is 148 Å². The van der Waals surface area contributed by atoms with E-state index in [0.717, 1.165) is 9.35 Å². The molecule has 1 fully saturated rings. The molecule has 0 saturated carbocycles. The van der Waals surface area contributed by atoms with Crippen LogP contribution in [0.25, 0.3) is 0 Å². The number of thioether (sulfide) groups is 2. The highest BCUT2D eigenvalue weighted by atomic mass is 32.2. The number of carbonyl (C=O) groups is 4. The van der Waals surface area contributed by atoms with E-state index in [-0.39, 0.29) is 12.1 Å². The predicted octanol–water partition coefficient (Wildman–Crippen LogP) is 2.17. The summed E-state index contributed by atoms with van der Waals surface area (Å²) in [4.78, 5) is 52.0. The molecule has 0 bridgehead atoms. The molecule has 2 N–H and O–H groups in total. The molecule has 3 unspecified atom stereocenters. The molecule has 1 aromatic carbocycles. The van der Waals surface area contributed by atoms with Crippen molar-refractivity contribution in [2.45, 2.75) is 55.3 Å². The maximum atomic E-state index is 13.2. The van der Waals surface area contributed by atoms with Gasteiger partial charge in [-0.15, -0.1) is 22.0 Å². The van der Waals surface area contributed by atoms with Crippen molar-refractivity contribution in [3.63, 3.8) is 0 Å². The number of aliphatic hydroxyl groups excluding tert-OH is 1. The zero-order valence-corrected chi connectivity index (χ0v) is 23.2. The molecule has 38 heavy (non-hydrogen) atoms. The highest BCUT2D eigenvalue weighted by Crippen LogP contribution is 2.42. The van der Waals surface area contributed by atoms with E-state index in [0.29, 0.717) is 22.6 Å². The monoisotopic (exact) mass is 578 g/mol. The normalized spacial score (nSPS) is 20.2. The van der Waals surface area contributed by atoms with Crippen molar-refractivity contribution < 1.29 is 33.8 Å². The number of carbonyl (C=O) groups excluding carboxylic acids is 4. The number of hydrogen-bond acceptors (Lipinski definition) is 12. The first-order valence-electron chi connectivity index (χ1n) is 11.7. The molecule has 4 atom stereocenters. The van der Waals surface area contributed by atoms with Gasteiger partial charge in [-0.3, -0.25) is 19.3 Å². The molecule has 0 aliphatic carbocycles. The summed E-state index contributed by atoms with van der Waals surface area (Å²) >= 11 is 4.19. The Morgan fingerprint density at radius 1 is 1.24 bits per heavy atom. The van der Waals surface area contributed by atoms with Crippen LogP contribution in [0.5, 0.6) is 0 Å². The first kappa shape index (κ1) is 28.1. The van der Waals surface area contributed by atoms with Gasteiger partial charge < -0.3 is 19.9 Å². The van der Waals surface area contributed by atoms with Crippen molar-refractivity contribution in [1.29, 1.82) is 0 Å². The number of esters is 2. The van der Waals surface area contributed by atoms with Gasteiger partial charge in [0, 0.05) is 24.9 Å². The van der Waals surface area contributed by atoms with Crippen LogP contribution in [0.4, 0.5) is 0 Å². The van der Waals surface area contributed by atoms with Crippen molar-refractivity contribution in [3.8, 4) is 0 Å². The minimum absolute atomic E-state index is 0.0565. The summed E-state index contributed by atoms with van der Waals surface area (Å²) in [6.07, 6.45) is -2.47. The maximum absolute atomic E-state index is 13.2. The van der Waals surface area contributed by atoms with Gasteiger partial charge >= 0.3 is 11.9 Å². The van der Waals surface area contributed by atoms with Crippen molar-refractivity contribution in [3.05, 3.63) is 52.2 Å². The maximum Gasteiger partial charge on any atom is 0.358 e. The summed E-state index contributed by atoms with van der Waals surface area (Å²) in [6, 6.07) is 7.46. The van der Waals surface area contributed by atoms with E-state index in [1.54, 1.807) is 37.3 Å². The number of ether oxygens (including phenoxy) is 2. The Labute approximate surface area is 231 Å². The third-order valence-electron chi connectivity index (χ3n) is 5.64. The Hall–Kier alpha value is -2.94. The van der Waals surface area contributed by atoms with Gasteiger partial charge in [0.25, 0.3) is 11.8 Å². The fraction of sp³-hybridized carbons (Fsp3) is 0.417. The zero-order valence-electron chi connectivity index (χ0n) is 20.8. The van der Waals surface area contributed by atoms with Gasteiger partial charge in [-0.05, 0) is 18.1 Å². The Morgan fingerprint density at radius 3 is 2.63 bits per heavy atom. The summed E-state index contributed by atoms with van der Waals surface area (Å²) in [7, 11) is 0. The van der Waals surface area contributed by atoms with Crippen LogP contribution in [0.3, 0.4) is 0 Å². The molecule has 0 radical (unpaired) electrons. The van der Waals surface area contributed by atoms with Crippen molar-refractivity contribution in [2.24, 2.45) is 0 Å². The minimum Gasteiger partial charge on any atom is -0.425 e. The molecule has 11 nitrogen and oxygen atoms in total. The number of aromatic nitrogens is 2. The zero-order chi connectivity index (χ0) is 27.4. The third-order valence-corrected chi connectivity index (χ3v) is 9.04. The van der Waals surface area contributed by atoms with Crippen LogP contribution in [0.15, 0.2) is 45.9 Å². The summed E-state index contributed by atoms with van der Waals surface area (Å²) in [6.45, 7) is 4.88. The van der Waals surface area contributed by atoms with Gasteiger partial charge in [0.2, 0.25) is 6.29 Å². The van der Waals surface area contributed by atoms with Gasteiger partial charge in [-0.2, -0.15) is 0 Å². The Kier molecular flexibility index (Phi) is 9.07.